The van der Waals surface area contributed by atoms with Crippen molar-refractivity contribution in [2.75, 3.05) is 18.6 Å². The van der Waals surface area contributed by atoms with Gasteiger partial charge >= 0.3 is 5.97 Å². The number of hydrogen-bond donors (Lipinski definition) is 2. The maximum absolute atomic E-state index is 12.4. The Bertz CT molecular complexity index is 684. The van der Waals surface area contributed by atoms with Crippen molar-refractivity contribution in [1.82, 2.24) is 30.8 Å². The number of fused-ring (bicyclic) bond motifs is 1. The molecule has 1 atom stereocenters. The minimum Gasteiger partial charge on any atom is -0.452 e. The van der Waals surface area contributed by atoms with E-state index in [2.05, 4.69) is 26.2 Å². The molecule has 2 rings (SSSR count). The van der Waals surface area contributed by atoms with Crippen LogP contribution in [0.3, 0.4) is 0 Å². The van der Waals surface area contributed by atoms with Crippen molar-refractivity contribution in [3.63, 3.8) is 0 Å². The highest BCUT2D eigenvalue weighted by molar-refractivity contribution is 7.98. The van der Waals surface area contributed by atoms with Crippen LogP contribution in [0.2, 0.25) is 0 Å². The zero-order chi connectivity index (χ0) is 21.6. The number of nitrogens with one attached hydrogen (secondary N) is 2. The number of hydrogen-bond acceptors (Lipinski definition) is 8. The standard InChI is InChI=1S/C19H32N6O4S/c1-30-13-10-15-19(28)20-11-6-2-4-8-17(26)21-14-16-22-23-24-25(16)12-7-3-5-9-18(27)29-15/h15H,2-14H2,1H3,(H,20,28)(H,21,26). The van der Waals surface area contributed by atoms with Gasteiger partial charge in [0.15, 0.2) is 11.9 Å². The monoisotopic (exact) mass is 440 g/mol. The predicted octanol–water partition coefficient (Wildman–Crippen LogP) is 1.20. The van der Waals surface area contributed by atoms with Crippen LogP contribution in [0.1, 0.15) is 63.6 Å². The average Bonchev–Trinajstić information content (AvgIpc) is 3.18. The largest absolute Gasteiger partial charge is 0.452 e. The van der Waals surface area contributed by atoms with E-state index in [1.54, 1.807) is 16.4 Å². The Morgan fingerprint density at radius 2 is 1.87 bits per heavy atom. The molecule has 10 nitrogen and oxygen atoms in total. The number of ether oxygens (including phenoxy) is 1. The number of rotatable bonds is 3. The van der Waals surface area contributed by atoms with Gasteiger partial charge in [-0.25, -0.2) is 4.68 Å². The fourth-order valence-corrected chi connectivity index (χ4v) is 3.55. The van der Waals surface area contributed by atoms with Crippen molar-refractivity contribution in [3.05, 3.63) is 5.82 Å². The molecule has 2 heterocycles. The van der Waals surface area contributed by atoms with E-state index < -0.39 is 6.10 Å². The molecule has 168 valence electrons. The van der Waals surface area contributed by atoms with E-state index in [1.807, 2.05) is 6.26 Å². The molecular weight excluding hydrogens is 408 g/mol. The van der Waals surface area contributed by atoms with Crippen LogP contribution in [-0.2, 0) is 32.2 Å². The van der Waals surface area contributed by atoms with Crippen molar-refractivity contribution in [3.8, 4) is 0 Å². The number of carbonyl (C=O) groups is 3. The third-order valence-corrected chi connectivity index (χ3v) is 5.47. The Balaban J connectivity index is 1.92. The van der Waals surface area contributed by atoms with Crippen molar-refractivity contribution < 1.29 is 19.1 Å². The second-order valence-electron chi connectivity index (χ2n) is 7.27. The molecule has 30 heavy (non-hydrogen) atoms. The smallest absolute Gasteiger partial charge is 0.306 e. The highest BCUT2D eigenvalue weighted by Crippen LogP contribution is 2.10. The number of aryl methyl sites for hydroxylation is 1. The molecule has 0 saturated heterocycles. The van der Waals surface area contributed by atoms with Crippen LogP contribution in [0.25, 0.3) is 0 Å². The van der Waals surface area contributed by atoms with E-state index in [4.69, 9.17) is 4.74 Å². The van der Waals surface area contributed by atoms with Crippen LogP contribution >= 0.6 is 11.8 Å². The summed E-state index contributed by atoms with van der Waals surface area (Å²) in [5.41, 5.74) is 0. The lowest BCUT2D eigenvalue weighted by molar-refractivity contribution is -0.156. The molecule has 11 heteroatoms. The van der Waals surface area contributed by atoms with E-state index in [0.29, 0.717) is 44.7 Å². The fourth-order valence-electron chi connectivity index (χ4n) is 3.10. The van der Waals surface area contributed by atoms with Crippen LogP contribution in [0, 0.1) is 0 Å². The topological polar surface area (TPSA) is 128 Å². The molecule has 0 bridgehead atoms. The van der Waals surface area contributed by atoms with Gasteiger partial charge in [0.25, 0.3) is 5.91 Å². The van der Waals surface area contributed by atoms with Gasteiger partial charge in [-0.2, -0.15) is 11.8 Å². The molecule has 0 fully saturated rings. The summed E-state index contributed by atoms with van der Waals surface area (Å²) in [6, 6.07) is 0. The second kappa shape index (κ2) is 13.9. The van der Waals surface area contributed by atoms with Gasteiger partial charge in [0.1, 0.15) is 0 Å². The van der Waals surface area contributed by atoms with Crippen molar-refractivity contribution in [2.45, 2.75) is 77.0 Å². The average molecular weight is 441 g/mol. The lowest BCUT2D eigenvalue weighted by Crippen LogP contribution is -2.38. The van der Waals surface area contributed by atoms with E-state index in [0.717, 1.165) is 37.9 Å². The van der Waals surface area contributed by atoms with E-state index in [1.165, 1.54) is 0 Å². The summed E-state index contributed by atoms with van der Waals surface area (Å²) >= 11 is 1.61. The SMILES string of the molecule is CSCCC1OC(=O)CCCCCn2nnnc2CNC(=O)CCCCCNC1=O. The van der Waals surface area contributed by atoms with Crippen molar-refractivity contribution >= 4 is 29.5 Å². The predicted molar refractivity (Wildman–Crippen MR) is 112 cm³/mol. The van der Waals surface area contributed by atoms with Crippen molar-refractivity contribution in [1.29, 1.82) is 0 Å². The molecule has 0 radical (unpaired) electrons. The first-order valence-electron chi connectivity index (χ1n) is 10.6. The number of thioether (sulfide) groups is 1. The quantitative estimate of drug-likeness (QED) is 0.671. The molecule has 0 saturated carbocycles. The van der Waals surface area contributed by atoms with Gasteiger partial charge in [-0.3, -0.25) is 14.4 Å². The molecule has 1 aliphatic heterocycles. The summed E-state index contributed by atoms with van der Waals surface area (Å²) < 4.78 is 7.13. The van der Waals surface area contributed by atoms with Gasteiger partial charge in [-0.15, -0.1) is 5.10 Å². The Hall–Kier alpha value is -2.17. The van der Waals surface area contributed by atoms with E-state index >= 15 is 0 Å². The number of tetrazole rings is 1. The lowest BCUT2D eigenvalue weighted by Gasteiger charge is -2.17. The zero-order valence-electron chi connectivity index (χ0n) is 17.6. The molecule has 0 spiro atoms. The minimum absolute atomic E-state index is 0.0352. The van der Waals surface area contributed by atoms with Gasteiger partial charge < -0.3 is 15.4 Å². The summed E-state index contributed by atoms with van der Waals surface area (Å²) in [5, 5.41) is 17.3. The molecule has 1 aromatic rings. The summed E-state index contributed by atoms with van der Waals surface area (Å²) in [5.74, 6) is 0.755. The first kappa shape index (κ1) is 24.1. The lowest BCUT2D eigenvalue weighted by atomic mass is 10.1. The van der Waals surface area contributed by atoms with Gasteiger partial charge in [-0.1, -0.05) is 12.8 Å². The Morgan fingerprint density at radius 1 is 1.07 bits per heavy atom. The second-order valence-corrected chi connectivity index (χ2v) is 8.25. The summed E-state index contributed by atoms with van der Waals surface area (Å²) in [6.45, 7) is 1.42. The molecule has 2 N–H and O–H groups in total. The van der Waals surface area contributed by atoms with Gasteiger partial charge in [-0.05, 0) is 48.1 Å². The summed E-state index contributed by atoms with van der Waals surface area (Å²) in [6.07, 6.45) is 7.01. The maximum atomic E-state index is 12.4. The highest BCUT2D eigenvalue weighted by Gasteiger charge is 2.22. The Labute approximate surface area is 181 Å². The number of nitrogens with zero attached hydrogens (tertiary/aromatic N) is 4. The first-order chi connectivity index (χ1) is 14.6. The Kier molecular flexibility index (Phi) is 11.2. The number of esters is 1. The van der Waals surface area contributed by atoms with Crippen LogP contribution in [-0.4, -0.2) is 62.6 Å². The summed E-state index contributed by atoms with van der Waals surface area (Å²) in [7, 11) is 0. The van der Waals surface area contributed by atoms with E-state index in [9.17, 15) is 14.4 Å². The van der Waals surface area contributed by atoms with Crippen molar-refractivity contribution in [2.24, 2.45) is 0 Å². The number of cyclic esters (lactones) is 1. The summed E-state index contributed by atoms with van der Waals surface area (Å²) in [4.78, 5) is 36.6. The fraction of sp³-hybridized carbons (Fsp3) is 0.789. The molecule has 1 unspecified atom stereocenters. The minimum atomic E-state index is -0.745. The zero-order valence-corrected chi connectivity index (χ0v) is 18.4. The van der Waals surface area contributed by atoms with Crippen LogP contribution in [0.4, 0.5) is 0 Å². The number of amides is 2. The normalized spacial score (nSPS) is 21.1. The van der Waals surface area contributed by atoms with Crippen LogP contribution < -0.4 is 10.6 Å². The van der Waals surface area contributed by atoms with Crippen LogP contribution in [0.15, 0.2) is 0 Å². The molecule has 1 aromatic heterocycles. The van der Waals surface area contributed by atoms with Gasteiger partial charge in [0.2, 0.25) is 5.91 Å². The third kappa shape index (κ3) is 9.10. The van der Waals surface area contributed by atoms with Gasteiger partial charge in [0, 0.05) is 32.4 Å². The molecule has 0 aromatic carbocycles. The first-order valence-corrected chi connectivity index (χ1v) is 12.0. The maximum Gasteiger partial charge on any atom is 0.306 e. The highest BCUT2D eigenvalue weighted by atomic mass is 32.2. The molecular formula is C19H32N6O4S. The molecule has 1 aliphatic rings. The van der Waals surface area contributed by atoms with Gasteiger partial charge in [0.05, 0.1) is 6.54 Å². The number of carbonyl (C=O) groups excluding carboxylic acids is 3. The molecule has 0 aliphatic carbocycles. The third-order valence-electron chi connectivity index (χ3n) is 4.83. The van der Waals surface area contributed by atoms with E-state index in [-0.39, 0.29) is 24.2 Å². The molecule has 2 amide bonds. The van der Waals surface area contributed by atoms with Crippen LogP contribution in [0.5, 0.6) is 0 Å². The number of aromatic nitrogens is 4. The Morgan fingerprint density at radius 3 is 2.70 bits per heavy atom.